The summed E-state index contributed by atoms with van der Waals surface area (Å²) in [6, 6.07) is 11.5. The number of hydrogen-bond acceptors (Lipinski definition) is 5. The number of nitrogens with zero attached hydrogens (tertiary/aromatic N) is 1. The second-order valence-corrected chi connectivity index (χ2v) is 10.8. The molecule has 6 nitrogen and oxygen atoms in total. The number of carbonyl (C=O) groups excluding carboxylic acids is 1. The molecule has 1 amide bonds. The van der Waals surface area contributed by atoms with Gasteiger partial charge in [-0.2, -0.15) is 0 Å². The summed E-state index contributed by atoms with van der Waals surface area (Å²) >= 11 is 12.0. The van der Waals surface area contributed by atoms with E-state index in [4.69, 9.17) is 27.9 Å². The number of halogens is 2. The third-order valence-corrected chi connectivity index (χ3v) is 8.03. The fourth-order valence-electron chi connectivity index (χ4n) is 3.64. The number of piperidine rings is 1. The SMILES string of the molecule is CCCS(=O)(=O)c1cccc(C(=O)NCCN2CCC(Oc3ccc(Cl)c(Cl)c3)CC2)c1. The summed E-state index contributed by atoms with van der Waals surface area (Å²) in [5, 5.41) is 3.87. The first-order valence-corrected chi connectivity index (χ1v) is 13.1. The summed E-state index contributed by atoms with van der Waals surface area (Å²) in [6.45, 7) is 4.76. The van der Waals surface area contributed by atoms with E-state index >= 15 is 0 Å². The fourth-order valence-corrected chi connectivity index (χ4v) is 5.29. The van der Waals surface area contributed by atoms with Gasteiger partial charge in [0.2, 0.25) is 0 Å². The van der Waals surface area contributed by atoms with E-state index in [1.54, 1.807) is 24.3 Å². The van der Waals surface area contributed by atoms with Crippen LogP contribution in [0.1, 0.15) is 36.5 Å². The van der Waals surface area contributed by atoms with Gasteiger partial charge in [-0.15, -0.1) is 0 Å². The maximum absolute atomic E-state index is 12.5. The number of likely N-dealkylation sites (tertiary alicyclic amines) is 1. The lowest BCUT2D eigenvalue weighted by Gasteiger charge is -2.32. The molecule has 0 aromatic heterocycles. The normalized spacial score (nSPS) is 15.5. The first-order valence-electron chi connectivity index (χ1n) is 10.7. The molecule has 0 bridgehead atoms. The molecule has 0 atom stereocenters. The molecule has 32 heavy (non-hydrogen) atoms. The molecule has 0 aliphatic carbocycles. The molecule has 1 aliphatic rings. The van der Waals surface area contributed by atoms with Crippen molar-refractivity contribution < 1.29 is 17.9 Å². The third kappa shape index (κ3) is 6.85. The van der Waals surface area contributed by atoms with E-state index in [1.807, 2.05) is 13.0 Å². The number of sulfone groups is 1. The zero-order valence-electron chi connectivity index (χ0n) is 18.0. The van der Waals surface area contributed by atoms with Gasteiger partial charge in [-0.1, -0.05) is 36.2 Å². The molecule has 174 valence electrons. The number of ether oxygens (including phenoxy) is 1. The number of amides is 1. The van der Waals surface area contributed by atoms with Crippen molar-refractivity contribution in [3.8, 4) is 5.75 Å². The summed E-state index contributed by atoms with van der Waals surface area (Å²) < 4.78 is 30.5. The van der Waals surface area contributed by atoms with Gasteiger partial charge >= 0.3 is 0 Å². The molecule has 1 saturated heterocycles. The van der Waals surface area contributed by atoms with Gasteiger partial charge < -0.3 is 15.0 Å². The summed E-state index contributed by atoms with van der Waals surface area (Å²) in [5.74, 6) is 0.521. The molecule has 1 heterocycles. The summed E-state index contributed by atoms with van der Waals surface area (Å²) in [6.07, 6.45) is 2.41. The molecule has 0 saturated carbocycles. The van der Waals surface area contributed by atoms with E-state index in [1.165, 1.54) is 12.1 Å². The zero-order valence-corrected chi connectivity index (χ0v) is 20.3. The summed E-state index contributed by atoms with van der Waals surface area (Å²) in [5.41, 5.74) is 0.357. The van der Waals surface area contributed by atoms with Crippen molar-refractivity contribution in [3.05, 3.63) is 58.1 Å². The Balaban J connectivity index is 1.43. The average Bonchev–Trinajstić information content (AvgIpc) is 2.77. The van der Waals surface area contributed by atoms with Gasteiger partial charge in [0.05, 0.1) is 20.7 Å². The lowest BCUT2D eigenvalue weighted by molar-refractivity contribution is 0.0905. The van der Waals surface area contributed by atoms with Crippen LogP contribution in [0.15, 0.2) is 47.4 Å². The average molecular weight is 499 g/mol. The second-order valence-electron chi connectivity index (χ2n) is 7.84. The van der Waals surface area contributed by atoms with Crippen molar-refractivity contribution in [1.82, 2.24) is 10.2 Å². The fraction of sp³-hybridized carbons (Fsp3) is 0.435. The minimum atomic E-state index is -3.35. The molecule has 1 N–H and O–H groups in total. The van der Waals surface area contributed by atoms with Gasteiger partial charge in [-0.05, 0) is 49.6 Å². The lowest BCUT2D eigenvalue weighted by Crippen LogP contribution is -2.42. The molecule has 2 aromatic rings. The van der Waals surface area contributed by atoms with Crippen LogP contribution >= 0.6 is 23.2 Å². The highest BCUT2D eigenvalue weighted by atomic mass is 35.5. The molecule has 0 spiro atoms. The van der Waals surface area contributed by atoms with E-state index < -0.39 is 9.84 Å². The molecular weight excluding hydrogens is 471 g/mol. The molecular formula is C23H28Cl2N2O4S. The van der Waals surface area contributed by atoms with Crippen molar-refractivity contribution in [2.45, 2.75) is 37.2 Å². The minimum absolute atomic E-state index is 0.0722. The number of carbonyl (C=O) groups is 1. The smallest absolute Gasteiger partial charge is 0.251 e. The number of nitrogens with one attached hydrogen (secondary N) is 1. The second kappa shape index (κ2) is 11.4. The Morgan fingerprint density at radius 1 is 1.12 bits per heavy atom. The van der Waals surface area contributed by atoms with E-state index in [2.05, 4.69) is 10.2 Å². The van der Waals surface area contributed by atoms with Crippen LogP contribution in [0, 0.1) is 0 Å². The Bertz CT molecular complexity index is 1040. The van der Waals surface area contributed by atoms with Gasteiger partial charge in [0.1, 0.15) is 11.9 Å². The highest BCUT2D eigenvalue weighted by Crippen LogP contribution is 2.28. The van der Waals surface area contributed by atoms with Gasteiger partial charge in [0.15, 0.2) is 9.84 Å². The highest BCUT2D eigenvalue weighted by Gasteiger charge is 2.21. The Kier molecular flexibility index (Phi) is 8.82. The van der Waals surface area contributed by atoms with Crippen molar-refractivity contribution in [2.75, 3.05) is 31.9 Å². The number of hydrogen-bond donors (Lipinski definition) is 1. The summed E-state index contributed by atoms with van der Waals surface area (Å²) in [7, 11) is -3.35. The molecule has 1 aliphatic heterocycles. The standard InChI is InChI=1S/C23H28Cl2N2O4S/c1-2-14-32(29,30)20-5-3-4-17(15-20)23(28)26-10-13-27-11-8-18(9-12-27)31-19-6-7-21(24)22(25)16-19/h3-7,15-16,18H,2,8-14H2,1H3,(H,26,28). The van der Waals surface area contributed by atoms with E-state index in [0.717, 1.165) is 32.5 Å². The maximum atomic E-state index is 12.5. The van der Waals surface area contributed by atoms with Crippen LogP contribution in [0.2, 0.25) is 10.0 Å². The highest BCUT2D eigenvalue weighted by molar-refractivity contribution is 7.91. The van der Waals surface area contributed by atoms with Crippen LogP contribution in [0.3, 0.4) is 0 Å². The first kappa shape index (κ1) is 24.8. The van der Waals surface area contributed by atoms with Gasteiger partial charge in [0, 0.05) is 37.8 Å². The predicted octanol–water partition coefficient (Wildman–Crippen LogP) is 4.45. The van der Waals surface area contributed by atoms with E-state index in [9.17, 15) is 13.2 Å². The van der Waals surface area contributed by atoms with Crippen molar-refractivity contribution in [2.24, 2.45) is 0 Å². The van der Waals surface area contributed by atoms with Crippen molar-refractivity contribution in [3.63, 3.8) is 0 Å². The molecule has 0 radical (unpaired) electrons. The van der Waals surface area contributed by atoms with Gasteiger partial charge in [-0.25, -0.2) is 8.42 Å². The van der Waals surface area contributed by atoms with Crippen molar-refractivity contribution >= 4 is 38.9 Å². The molecule has 1 fully saturated rings. The molecule has 2 aromatic carbocycles. The van der Waals surface area contributed by atoms with Gasteiger partial charge in [0.25, 0.3) is 5.91 Å². The quantitative estimate of drug-likeness (QED) is 0.552. The molecule has 3 rings (SSSR count). The van der Waals surface area contributed by atoms with Crippen LogP contribution in [0.5, 0.6) is 5.75 Å². The number of rotatable bonds is 9. The topological polar surface area (TPSA) is 75.7 Å². The van der Waals surface area contributed by atoms with Crippen LogP contribution in [-0.2, 0) is 9.84 Å². The summed E-state index contributed by atoms with van der Waals surface area (Å²) in [4.78, 5) is 14.9. The maximum Gasteiger partial charge on any atom is 0.251 e. The minimum Gasteiger partial charge on any atom is -0.490 e. The molecule has 0 unspecified atom stereocenters. The largest absolute Gasteiger partial charge is 0.490 e. The van der Waals surface area contributed by atoms with Crippen LogP contribution in [-0.4, -0.2) is 57.3 Å². The zero-order chi connectivity index (χ0) is 23.1. The Morgan fingerprint density at radius 2 is 1.88 bits per heavy atom. The Labute approximate surface area is 199 Å². The first-order chi connectivity index (χ1) is 15.3. The Morgan fingerprint density at radius 3 is 2.56 bits per heavy atom. The monoisotopic (exact) mass is 498 g/mol. The van der Waals surface area contributed by atoms with Crippen LogP contribution in [0.25, 0.3) is 0 Å². The lowest BCUT2D eigenvalue weighted by atomic mass is 10.1. The number of benzene rings is 2. The van der Waals surface area contributed by atoms with E-state index in [0.29, 0.717) is 34.3 Å². The van der Waals surface area contributed by atoms with Gasteiger partial charge in [-0.3, -0.25) is 4.79 Å². The van der Waals surface area contributed by atoms with Crippen LogP contribution < -0.4 is 10.1 Å². The Hall–Kier alpha value is -1.80. The molecule has 9 heteroatoms. The predicted molar refractivity (Wildman–Crippen MR) is 128 cm³/mol. The third-order valence-electron chi connectivity index (χ3n) is 5.37. The van der Waals surface area contributed by atoms with Crippen molar-refractivity contribution in [1.29, 1.82) is 0 Å². The van der Waals surface area contributed by atoms with E-state index in [-0.39, 0.29) is 22.7 Å². The van der Waals surface area contributed by atoms with Crippen LogP contribution in [0.4, 0.5) is 0 Å².